The van der Waals surface area contributed by atoms with Gasteiger partial charge in [0.15, 0.2) is 22.9 Å². The summed E-state index contributed by atoms with van der Waals surface area (Å²) >= 11 is 0. The third-order valence-corrected chi connectivity index (χ3v) is 6.28. The van der Waals surface area contributed by atoms with Gasteiger partial charge in [-0.15, -0.1) is 0 Å². The van der Waals surface area contributed by atoms with E-state index in [1.807, 2.05) is 0 Å². The Bertz CT molecular complexity index is 1390. The monoisotopic (exact) mass is 556 g/mol. The molecule has 202 valence electrons. The molecule has 0 aromatic carbocycles. The number of nitrogens with two attached hydrogens (primary N) is 2. The molecule has 0 aliphatic heterocycles. The van der Waals surface area contributed by atoms with Gasteiger partial charge in [-0.3, -0.25) is 4.57 Å². The fourth-order valence-corrected chi connectivity index (χ4v) is 4.49. The fraction of sp³-hybridized carbons (Fsp3) is 0.300. The third kappa shape index (κ3) is 6.67. The minimum atomic E-state index is -3.50. The van der Waals surface area contributed by atoms with E-state index in [2.05, 4.69) is 29.9 Å². The second-order valence-corrected chi connectivity index (χ2v) is 8.76. The van der Waals surface area contributed by atoms with Crippen molar-refractivity contribution in [3.8, 4) is 0 Å². The first-order valence-electron chi connectivity index (χ1n) is 11.0. The van der Waals surface area contributed by atoms with Crippen molar-refractivity contribution in [3.05, 3.63) is 49.6 Å². The zero-order chi connectivity index (χ0) is 27.2. The molecule has 0 saturated carbocycles. The SMILES string of the molecule is Nc1ncnc2c1ncn2CCC(C=C(F)F)O[PH](=O)OC(C=C(F)F)CCn1cnc2c(N)ncnc21. The van der Waals surface area contributed by atoms with Crippen LogP contribution in [0.2, 0.25) is 0 Å². The number of imidazole rings is 2. The predicted molar refractivity (Wildman–Crippen MR) is 128 cm³/mol. The minimum Gasteiger partial charge on any atom is -0.382 e. The van der Waals surface area contributed by atoms with E-state index in [0.717, 1.165) is 0 Å². The van der Waals surface area contributed by atoms with Gasteiger partial charge in [0.25, 0.3) is 12.2 Å². The van der Waals surface area contributed by atoms with Gasteiger partial charge in [-0.1, -0.05) is 0 Å². The average molecular weight is 556 g/mol. The van der Waals surface area contributed by atoms with E-state index in [9.17, 15) is 22.1 Å². The highest BCUT2D eigenvalue weighted by Crippen LogP contribution is 2.32. The van der Waals surface area contributed by atoms with Crippen LogP contribution in [-0.4, -0.2) is 51.2 Å². The molecule has 4 N–H and O–H groups in total. The average Bonchev–Trinajstić information content (AvgIpc) is 3.46. The molecule has 4 aromatic heterocycles. The minimum absolute atomic E-state index is 0.0810. The lowest BCUT2D eigenvalue weighted by Crippen LogP contribution is -2.14. The van der Waals surface area contributed by atoms with E-state index in [0.29, 0.717) is 34.5 Å². The molecule has 0 radical (unpaired) electrons. The summed E-state index contributed by atoms with van der Waals surface area (Å²) in [6.45, 7) is 0.162. The largest absolute Gasteiger partial charge is 0.382 e. The van der Waals surface area contributed by atoms with Crippen LogP contribution < -0.4 is 11.5 Å². The number of halogens is 4. The van der Waals surface area contributed by atoms with Crippen LogP contribution in [0.25, 0.3) is 22.3 Å². The van der Waals surface area contributed by atoms with Crippen LogP contribution in [0.3, 0.4) is 0 Å². The number of hydrogen-bond donors (Lipinski definition) is 2. The van der Waals surface area contributed by atoms with Gasteiger partial charge in [-0.25, -0.2) is 29.9 Å². The zero-order valence-corrected chi connectivity index (χ0v) is 20.4. The van der Waals surface area contributed by atoms with Crippen molar-refractivity contribution in [2.45, 2.75) is 38.1 Å². The molecule has 0 spiro atoms. The van der Waals surface area contributed by atoms with Crippen molar-refractivity contribution in [3.63, 3.8) is 0 Å². The van der Waals surface area contributed by atoms with Gasteiger partial charge in [0.05, 0.1) is 24.9 Å². The van der Waals surface area contributed by atoms with Crippen molar-refractivity contribution < 1.29 is 31.2 Å². The smallest absolute Gasteiger partial charge is 0.320 e. The number of hydrogen-bond acceptors (Lipinski definition) is 11. The van der Waals surface area contributed by atoms with E-state index in [-0.39, 0.29) is 37.6 Å². The summed E-state index contributed by atoms with van der Waals surface area (Å²) in [4.78, 5) is 23.9. The maximum absolute atomic E-state index is 13.0. The molecule has 0 aliphatic carbocycles. The Morgan fingerprint density at radius 2 is 1.21 bits per heavy atom. The molecule has 38 heavy (non-hydrogen) atoms. The van der Waals surface area contributed by atoms with Gasteiger partial charge in [-0.05, 0) is 12.8 Å². The summed E-state index contributed by atoms with van der Waals surface area (Å²) < 4.78 is 78.1. The first-order valence-corrected chi connectivity index (χ1v) is 12.2. The Hall–Kier alpha value is -3.95. The molecule has 18 heteroatoms. The first-order chi connectivity index (χ1) is 18.2. The topological polar surface area (TPSA) is 175 Å². The number of nitrogens with zero attached hydrogens (tertiary/aromatic N) is 8. The molecular formula is C20H21F4N10O3P. The van der Waals surface area contributed by atoms with E-state index in [1.54, 1.807) is 0 Å². The van der Waals surface area contributed by atoms with Crippen LogP contribution in [-0.2, 0) is 26.7 Å². The van der Waals surface area contributed by atoms with Crippen LogP contribution in [0.15, 0.2) is 49.6 Å². The summed E-state index contributed by atoms with van der Waals surface area (Å²) in [6, 6.07) is 0. The summed E-state index contributed by atoms with van der Waals surface area (Å²) in [5.41, 5.74) is 12.9. The van der Waals surface area contributed by atoms with Crippen LogP contribution in [0.4, 0.5) is 29.2 Å². The quantitative estimate of drug-likeness (QED) is 0.193. The summed E-state index contributed by atoms with van der Waals surface area (Å²) in [7, 11) is -3.50. The van der Waals surface area contributed by atoms with Crippen molar-refractivity contribution in [2.75, 3.05) is 11.5 Å². The van der Waals surface area contributed by atoms with Crippen molar-refractivity contribution in [1.82, 2.24) is 39.0 Å². The van der Waals surface area contributed by atoms with Crippen LogP contribution in [0.1, 0.15) is 12.8 Å². The number of rotatable bonds is 12. The molecule has 4 heterocycles. The van der Waals surface area contributed by atoms with Crippen molar-refractivity contribution >= 4 is 42.2 Å². The number of aromatic nitrogens is 8. The molecule has 0 aliphatic rings. The summed E-state index contributed by atoms with van der Waals surface area (Å²) in [6.07, 6.45) is -0.908. The Morgan fingerprint density at radius 1 is 0.789 bits per heavy atom. The Morgan fingerprint density at radius 3 is 1.61 bits per heavy atom. The van der Waals surface area contributed by atoms with Gasteiger partial charge >= 0.3 is 8.25 Å². The number of nitrogen functional groups attached to an aromatic ring is 2. The molecule has 2 atom stereocenters. The molecule has 0 fully saturated rings. The number of aryl methyl sites for hydroxylation is 2. The third-order valence-electron chi connectivity index (χ3n) is 5.29. The maximum atomic E-state index is 13.0. The normalized spacial score (nSPS) is 13.9. The molecule has 13 nitrogen and oxygen atoms in total. The van der Waals surface area contributed by atoms with Gasteiger partial charge in [0.2, 0.25) is 0 Å². The number of anilines is 2. The fourth-order valence-electron chi connectivity index (χ4n) is 3.57. The molecule has 0 saturated heterocycles. The van der Waals surface area contributed by atoms with Crippen LogP contribution in [0, 0.1) is 0 Å². The van der Waals surface area contributed by atoms with Gasteiger partial charge in [0, 0.05) is 25.2 Å². The van der Waals surface area contributed by atoms with Crippen molar-refractivity contribution in [1.29, 1.82) is 0 Å². The first kappa shape index (κ1) is 27.1. The molecule has 4 aromatic rings. The van der Waals surface area contributed by atoms with E-state index in [1.165, 1.54) is 34.4 Å². The van der Waals surface area contributed by atoms with Crippen LogP contribution >= 0.6 is 8.25 Å². The molecule has 0 bridgehead atoms. The predicted octanol–water partition coefficient (Wildman–Crippen LogP) is 3.33. The highest BCUT2D eigenvalue weighted by atomic mass is 31.1. The highest BCUT2D eigenvalue weighted by molar-refractivity contribution is 7.33. The zero-order valence-electron chi connectivity index (χ0n) is 19.4. The Balaban J connectivity index is 1.40. The Labute approximate surface area is 212 Å². The lowest BCUT2D eigenvalue weighted by molar-refractivity contribution is 0.150. The highest BCUT2D eigenvalue weighted by Gasteiger charge is 2.19. The number of fused-ring (bicyclic) bond motifs is 2. The van der Waals surface area contributed by atoms with E-state index in [4.69, 9.17) is 20.5 Å². The van der Waals surface area contributed by atoms with Gasteiger partial charge in [0.1, 0.15) is 23.7 Å². The van der Waals surface area contributed by atoms with E-state index >= 15 is 0 Å². The molecule has 0 amide bonds. The molecule has 2 unspecified atom stereocenters. The van der Waals surface area contributed by atoms with Gasteiger partial charge in [-0.2, -0.15) is 17.6 Å². The second kappa shape index (κ2) is 12.1. The van der Waals surface area contributed by atoms with Gasteiger partial charge < -0.3 is 29.6 Å². The second-order valence-electron chi connectivity index (χ2n) is 7.79. The van der Waals surface area contributed by atoms with Crippen molar-refractivity contribution in [2.24, 2.45) is 0 Å². The maximum Gasteiger partial charge on any atom is 0.320 e. The summed E-state index contributed by atoms with van der Waals surface area (Å²) in [5, 5.41) is 0. The molecule has 4 rings (SSSR count). The lowest BCUT2D eigenvalue weighted by atomic mass is 10.2. The van der Waals surface area contributed by atoms with Crippen LogP contribution in [0.5, 0.6) is 0 Å². The molecular weight excluding hydrogens is 535 g/mol. The summed E-state index contributed by atoms with van der Waals surface area (Å²) in [5.74, 6) is 0.294. The standard InChI is InChI=1S/C20H21F4N10O3P/c21-13(22)5-11(1-3-33-9-31-15-17(25)27-7-29-19(15)33)36-38(35)37-12(6-14(23)24)2-4-34-10-32-16-18(26)28-8-30-20(16)34/h5-12,38H,1-4H2,(H2,25,27,29)(H2,26,28,30). The van der Waals surface area contributed by atoms with E-state index < -0.39 is 32.6 Å². The Kier molecular flexibility index (Phi) is 8.60. The lowest BCUT2D eigenvalue weighted by Gasteiger charge is -2.18.